The fourth-order valence-corrected chi connectivity index (χ4v) is 3.73. The number of hydrogen-bond acceptors (Lipinski definition) is 3. The Balaban J connectivity index is 1.61. The van der Waals surface area contributed by atoms with Gasteiger partial charge in [0.1, 0.15) is 17.9 Å². The highest BCUT2D eigenvalue weighted by atomic mass is 35.5. The molecular formula is C18H18Cl2F4N4O. The van der Waals surface area contributed by atoms with E-state index >= 15 is 0 Å². The van der Waals surface area contributed by atoms with Crippen molar-refractivity contribution < 1.29 is 22.4 Å². The third kappa shape index (κ3) is 5.21. The van der Waals surface area contributed by atoms with Crippen molar-refractivity contribution in [3.63, 3.8) is 0 Å². The molecule has 1 amide bonds. The van der Waals surface area contributed by atoms with Crippen molar-refractivity contribution in [3.05, 3.63) is 51.3 Å². The van der Waals surface area contributed by atoms with Crippen molar-refractivity contribution in [1.82, 2.24) is 19.6 Å². The molecule has 11 heteroatoms. The minimum absolute atomic E-state index is 0.389. The lowest BCUT2D eigenvalue weighted by atomic mass is 10.2. The summed E-state index contributed by atoms with van der Waals surface area (Å²) in [5.74, 6) is -0.478. The topological polar surface area (TPSA) is 41.4 Å². The van der Waals surface area contributed by atoms with Gasteiger partial charge in [0.05, 0.1) is 5.02 Å². The Hall–Kier alpha value is -1.84. The summed E-state index contributed by atoms with van der Waals surface area (Å²) in [5.41, 5.74) is -0.763. The van der Waals surface area contributed by atoms with Gasteiger partial charge in [0, 0.05) is 37.7 Å². The van der Waals surface area contributed by atoms with Crippen LogP contribution in [0.1, 0.15) is 29.8 Å². The summed E-state index contributed by atoms with van der Waals surface area (Å²) in [7, 11) is 0. The average Bonchev–Trinajstić information content (AvgIpc) is 2.98. The highest BCUT2D eigenvalue weighted by Crippen LogP contribution is 2.34. The second-order valence-corrected chi connectivity index (χ2v) is 7.44. The molecule has 0 saturated carbocycles. The van der Waals surface area contributed by atoms with Crippen molar-refractivity contribution >= 4 is 29.1 Å². The van der Waals surface area contributed by atoms with E-state index in [9.17, 15) is 22.4 Å². The van der Waals surface area contributed by atoms with Gasteiger partial charge in [-0.1, -0.05) is 35.3 Å². The van der Waals surface area contributed by atoms with Crippen LogP contribution in [0.3, 0.4) is 0 Å². The Kier molecular flexibility index (Phi) is 7.02. The van der Waals surface area contributed by atoms with E-state index < -0.39 is 41.7 Å². The first-order valence-corrected chi connectivity index (χ1v) is 9.58. The molecule has 1 aliphatic rings. The first-order chi connectivity index (χ1) is 13.8. The number of carbonyl (C=O) groups excluding carboxylic acids is 1. The maximum Gasteiger partial charge on any atom is 0.283 e. The maximum atomic E-state index is 13.2. The van der Waals surface area contributed by atoms with Gasteiger partial charge in [-0.15, -0.1) is 0 Å². The van der Waals surface area contributed by atoms with Crippen LogP contribution in [0.5, 0.6) is 0 Å². The molecule has 0 radical (unpaired) electrons. The van der Waals surface area contributed by atoms with E-state index in [1.165, 1.54) is 4.90 Å². The van der Waals surface area contributed by atoms with Gasteiger partial charge in [-0.3, -0.25) is 14.4 Å². The molecule has 0 atom stereocenters. The van der Waals surface area contributed by atoms with Crippen LogP contribution in [0, 0.1) is 0 Å². The predicted octanol–water partition coefficient (Wildman–Crippen LogP) is 4.41. The minimum Gasteiger partial charge on any atom is -0.339 e. The summed E-state index contributed by atoms with van der Waals surface area (Å²) in [4.78, 5) is 16.1. The van der Waals surface area contributed by atoms with Crippen molar-refractivity contribution in [3.8, 4) is 0 Å². The van der Waals surface area contributed by atoms with Crippen LogP contribution >= 0.6 is 23.2 Å². The standard InChI is InChI=1S/C18H18Cl2F4N4O/c19-12-3-1-2-11(8-12)9-26-4-6-27(7-5-26)13(29)10-28-16(18(23)24)14(20)15(25-28)17(21)22/h1-3,8,17-18H,4-7,9-10H2. The van der Waals surface area contributed by atoms with Gasteiger partial charge in [-0.2, -0.15) is 5.10 Å². The number of benzene rings is 1. The molecule has 1 aromatic heterocycles. The molecular weight excluding hydrogens is 435 g/mol. The summed E-state index contributed by atoms with van der Waals surface area (Å²) in [6.45, 7) is 2.05. The lowest BCUT2D eigenvalue weighted by molar-refractivity contribution is -0.134. The summed E-state index contributed by atoms with van der Waals surface area (Å²) < 4.78 is 52.8. The molecule has 1 aromatic carbocycles. The zero-order valence-corrected chi connectivity index (χ0v) is 16.7. The van der Waals surface area contributed by atoms with Gasteiger partial charge < -0.3 is 4.90 Å². The van der Waals surface area contributed by atoms with E-state index in [1.807, 2.05) is 18.2 Å². The van der Waals surface area contributed by atoms with E-state index in [1.54, 1.807) is 6.07 Å². The lowest BCUT2D eigenvalue weighted by Gasteiger charge is -2.34. The van der Waals surface area contributed by atoms with E-state index in [0.29, 0.717) is 42.4 Å². The van der Waals surface area contributed by atoms with E-state index in [2.05, 4.69) is 10.00 Å². The third-order valence-electron chi connectivity index (χ3n) is 4.67. The highest BCUT2D eigenvalue weighted by Gasteiger charge is 2.30. The second-order valence-electron chi connectivity index (χ2n) is 6.63. The minimum atomic E-state index is -3.12. The van der Waals surface area contributed by atoms with Crippen molar-refractivity contribution in [2.24, 2.45) is 0 Å². The molecule has 29 heavy (non-hydrogen) atoms. The molecule has 1 aliphatic heterocycles. The van der Waals surface area contributed by atoms with Gasteiger partial charge in [0.15, 0.2) is 0 Å². The maximum absolute atomic E-state index is 13.2. The largest absolute Gasteiger partial charge is 0.339 e. The smallest absolute Gasteiger partial charge is 0.283 e. The Morgan fingerprint density at radius 3 is 2.34 bits per heavy atom. The Labute approximate surface area is 174 Å². The molecule has 1 fully saturated rings. The molecule has 2 aromatic rings. The van der Waals surface area contributed by atoms with E-state index in [-0.39, 0.29) is 0 Å². The summed E-state index contributed by atoms with van der Waals surface area (Å²) in [6, 6.07) is 7.47. The fraction of sp³-hybridized carbons (Fsp3) is 0.444. The number of halogens is 6. The predicted molar refractivity (Wildman–Crippen MR) is 100 cm³/mol. The molecule has 1 saturated heterocycles. The zero-order valence-electron chi connectivity index (χ0n) is 15.2. The molecule has 0 aliphatic carbocycles. The third-order valence-corrected chi connectivity index (χ3v) is 5.30. The molecule has 0 unspecified atom stereocenters. The van der Waals surface area contributed by atoms with E-state index in [4.69, 9.17) is 23.2 Å². The normalized spacial score (nSPS) is 15.5. The Morgan fingerprint density at radius 2 is 1.76 bits per heavy atom. The second kappa shape index (κ2) is 9.32. The van der Waals surface area contributed by atoms with Crippen LogP contribution in [0.15, 0.2) is 24.3 Å². The average molecular weight is 453 g/mol. The molecule has 158 valence electrons. The van der Waals surface area contributed by atoms with Gasteiger partial charge in [0.2, 0.25) is 5.91 Å². The number of carbonyl (C=O) groups is 1. The molecule has 0 bridgehead atoms. The lowest BCUT2D eigenvalue weighted by Crippen LogP contribution is -2.49. The molecule has 0 spiro atoms. The van der Waals surface area contributed by atoms with Crippen molar-refractivity contribution in [2.45, 2.75) is 25.9 Å². The highest BCUT2D eigenvalue weighted by molar-refractivity contribution is 6.32. The number of aromatic nitrogens is 2. The van der Waals surface area contributed by atoms with Gasteiger partial charge >= 0.3 is 0 Å². The SMILES string of the molecule is O=C(Cn1nc(C(F)F)c(Cl)c1C(F)F)N1CCN(Cc2cccc(Cl)c2)CC1. The van der Waals surface area contributed by atoms with Crippen LogP contribution in [-0.4, -0.2) is 51.7 Å². The number of rotatable bonds is 6. The van der Waals surface area contributed by atoms with Gasteiger partial charge in [0.25, 0.3) is 12.9 Å². The van der Waals surface area contributed by atoms with Gasteiger partial charge in [-0.05, 0) is 17.7 Å². The monoisotopic (exact) mass is 452 g/mol. The zero-order chi connectivity index (χ0) is 21.1. The summed E-state index contributed by atoms with van der Waals surface area (Å²) in [6.07, 6.45) is -6.23. The van der Waals surface area contributed by atoms with Crippen LogP contribution < -0.4 is 0 Å². The number of hydrogen-bond donors (Lipinski definition) is 0. The van der Waals surface area contributed by atoms with Gasteiger partial charge in [-0.25, -0.2) is 17.6 Å². The van der Waals surface area contributed by atoms with Crippen LogP contribution in [0.2, 0.25) is 10.0 Å². The first kappa shape index (κ1) is 21.9. The number of amides is 1. The van der Waals surface area contributed by atoms with E-state index in [0.717, 1.165) is 5.56 Å². The Morgan fingerprint density at radius 1 is 1.07 bits per heavy atom. The van der Waals surface area contributed by atoms with Crippen molar-refractivity contribution in [1.29, 1.82) is 0 Å². The van der Waals surface area contributed by atoms with Crippen LogP contribution in [0.25, 0.3) is 0 Å². The molecule has 5 nitrogen and oxygen atoms in total. The summed E-state index contributed by atoms with van der Waals surface area (Å²) in [5, 5.41) is 3.28. The number of nitrogens with zero attached hydrogens (tertiary/aromatic N) is 4. The fourth-order valence-electron chi connectivity index (χ4n) is 3.22. The Bertz CT molecular complexity index is 870. The number of alkyl halides is 4. The van der Waals surface area contributed by atoms with Crippen LogP contribution in [0.4, 0.5) is 17.6 Å². The van der Waals surface area contributed by atoms with Crippen molar-refractivity contribution in [2.75, 3.05) is 26.2 Å². The quantitative estimate of drug-likeness (QED) is 0.609. The van der Waals surface area contributed by atoms with Crippen LogP contribution in [-0.2, 0) is 17.9 Å². The summed E-state index contributed by atoms with van der Waals surface area (Å²) >= 11 is 11.6. The molecule has 3 rings (SSSR count). The molecule has 0 N–H and O–H groups in total. The molecule has 2 heterocycles. The number of piperazine rings is 1. The first-order valence-electron chi connectivity index (χ1n) is 8.83.